The van der Waals surface area contributed by atoms with E-state index in [1.54, 1.807) is 0 Å². The van der Waals surface area contributed by atoms with Crippen molar-refractivity contribution in [2.75, 3.05) is 6.73 Å². The van der Waals surface area contributed by atoms with E-state index in [9.17, 15) is 0 Å². The van der Waals surface area contributed by atoms with Gasteiger partial charge in [-0.15, -0.1) is 0 Å². The summed E-state index contributed by atoms with van der Waals surface area (Å²) in [5.74, 6) is 1.76. The molecule has 4 nitrogen and oxygen atoms in total. The molecule has 1 fully saturated rings. The highest BCUT2D eigenvalue weighted by Gasteiger charge is 2.40. The van der Waals surface area contributed by atoms with Crippen LogP contribution in [0, 0.1) is 13.8 Å². The molecule has 2 heterocycles. The summed E-state index contributed by atoms with van der Waals surface area (Å²) in [6, 6.07) is 17.8. The standard InChI is InChI=1S/C25H27N3O/c1-18-4-6-21(7-5-18)25(12-3-13-25)22-8-10-23(11-9-22)29-17-28-15-20-14-26-19(2)27-24(20)16-28/h4-11,14H,3,12-13,15-17H2,1-2H3. The van der Waals surface area contributed by atoms with Gasteiger partial charge in [-0.25, -0.2) is 9.97 Å². The summed E-state index contributed by atoms with van der Waals surface area (Å²) in [5, 5.41) is 0. The van der Waals surface area contributed by atoms with Gasteiger partial charge in [-0.3, -0.25) is 4.90 Å². The maximum Gasteiger partial charge on any atom is 0.142 e. The molecule has 1 saturated carbocycles. The lowest BCUT2D eigenvalue weighted by atomic mass is 9.60. The highest BCUT2D eigenvalue weighted by molar-refractivity contribution is 5.44. The van der Waals surface area contributed by atoms with Crippen molar-refractivity contribution >= 4 is 0 Å². The second kappa shape index (κ2) is 7.27. The van der Waals surface area contributed by atoms with Crippen LogP contribution >= 0.6 is 0 Å². The molecular formula is C25H27N3O. The molecule has 5 rings (SSSR count). The third-order valence-electron chi connectivity index (χ3n) is 6.47. The van der Waals surface area contributed by atoms with Gasteiger partial charge in [0.2, 0.25) is 0 Å². The average molecular weight is 386 g/mol. The first-order chi connectivity index (χ1) is 14.1. The number of aryl methyl sites for hydroxylation is 2. The second-order valence-electron chi connectivity index (χ2n) is 8.48. The van der Waals surface area contributed by atoms with Crippen LogP contribution in [0.5, 0.6) is 5.75 Å². The SMILES string of the molecule is Cc1ccc(C2(c3ccc(OCN4Cc5cnc(C)nc5C4)cc3)CCC2)cc1. The summed E-state index contributed by atoms with van der Waals surface area (Å²) < 4.78 is 6.07. The van der Waals surface area contributed by atoms with Gasteiger partial charge in [-0.1, -0.05) is 48.4 Å². The van der Waals surface area contributed by atoms with Gasteiger partial charge < -0.3 is 4.74 Å². The van der Waals surface area contributed by atoms with E-state index in [-0.39, 0.29) is 5.41 Å². The van der Waals surface area contributed by atoms with E-state index in [1.807, 2.05) is 13.1 Å². The van der Waals surface area contributed by atoms with Crippen LogP contribution in [0.25, 0.3) is 0 Å². The number of nitrogens with zero attached hydrogens (tertiary/aromatic N) is 3. The molecule has 3 aromatic rings. The number of aromatic nitrogens is 2. The van der Waals surface area contributed by atoms with Crippen molar-refractivity contribution in [2.24, 2.45) is 0 Å². The minimum Gasteiger partial charge on any atom is -0.478 e. The predicted molar refractivity (Wildman–Crippen MR) is 114 cm³/mol. The largest absolute Gasteiger partial charge is 0.478 e. The first kappa shape index (κ1) is 18.3. The molecule has 1 aliphatic heterocycles. The lowest BCUT2D eigenvalue weighted by molar-refractivity contribution is 0.124. The summed E-state index contributed by atoms with van der Waals surface area (Å²) in [6.07, 6.45) is 5.69. The van der Waals surface area contributed by atoms with Gasteiger partial charge >= 0.3 is 0 Å². The third-order valence-corrected chi connectivity index (χ3v) is 6.47. The van der Waals surface area contributed by atoms with Gasteiger partial charge in [0.05, 0.1) is 5.69 Å². The van der Waals surface area contributed by atoms with Gasteiger partial charge in [0, 0.05) is 30.3 Å². The van der Waals surface area contributed by atoms with Crippen molar-refractivity contribution < 1.29 is 4.74 Å². The van der Waals surface area contributed by atoms with E-state index in [2.05, 4.69) is 70.3 Å². The fourth-order valence-corrected chi connectivity index (χ4v) is 4.59. The first-order valence-corrected chi connectivity index (χ1v) is 10.5. The van der Waals surface area contributed by atoms with E-state index >= 15 is 0 Å². The molecule has 0 atom stereocenters. The Bertz CT molecular complexity index is 1010. The Morgan fingerprint density at radius 1 is 0.931 bits per heavy atom. The van der Waals surface area contributed by atoms with Crippen molar-refractivity contribution in [1.82, 2.24) is 14.9 Å². The molecule has 0 radical (unpaired) electrons. The summed E-state index contributed by atoms with van der Waals surface area (Å²) >= 11 is 0. The molecule has 0 bridgehead atoms. The molecule has 0 spiro atoms. The Morgan fingerprint density at radius 3 is 2.28 bits per heavy atom. The number of rotatable bonds is 5. The third kappa shape index (κ3) is 3.42. The minimum absolute atomic E-state index is 0.180. The van der Waals surface area contributed by atoms with E-state index in [1.165, 1.54) is 41.5 Å². The van der Waals surface area contributed by atoms with Crippen LogP contribution in [0.2, 0.25) is 0 Å². The molecule has 1 aliphatic carbocycles. The van der Waals surface area contributed by atoms with Crippen molar-refractivity contribution in [2.45, 2.75) is 51.6 Å². The van der Waals surface area contributed by atoms with Gasteiger partial charge in [0.1, 0.15) is 18.3 Å². The normalized spacial score (nSPS) is 17.6. The van der Waals surface area contributed by atoms with Crippen LogP contribution in [0.4, 0.5) is 0 Å². The molecule has 4 heteroatoms. The fourth-order valence-electron chi connectivity index (χ4n) is 4.59. The molecule has 2 aliphatic rings. The van der Waals surface area contributed by atoms with E-state index in [0.717, 1.165) is 30.4 Å². The summed E-state index contributed by atoms with van der Waals surface area (Å²) in [7, 11) is 0. The second-order valence-corrected chi connectivity index (χ2v) is 8.48. The van der Waals surface area contributed by atoms with E-state index in [4.69, 9.17) is 4.74 Å². The van der Waals surface area contributed by atoms with Gasteiger partial charge in [-0.05, 0) is 49.9 Å². The molecule has 29 heavy (non-hydrogen) atoms. The number of hydrogen-bond acceptors (Lipinski definition) is 4. The van der Waals surface area contributed by atoms with E-state index in [0.29, 0.717) is 6.73 Å². The zero-order valence-corrected chi connectivity index (χ0v) is 17.2. The molecule has 0 unspecified atom stereocenters. The Hall–Kier alpha value is -2.72. The Labute approximate surface area is 172 Å². The lowest BCUT2D eigenvalue weighted by Crippen LogP contribution is -2.35. The minimum atomic E-state index is 0.180. The van der Waals surface area contributed by atoms with Crippen LogP contribution in [0.3, 0.4) is 0 Å². The molecule has 2 aromatic carbocycles. The van der Waals surface area contributed by atoms with Crippen LogP contribution in [0.15, 0.2) is 54.7 Å². The zero-order valence-electron chi connectivity index (χ0n) is 17.2. The monoisotopic (exact) mass is 385 g/mol. The van der Waals surface area contributed by atoms with E-state index < -0.39 is 0 Å². The Balaban J connectivity index is 1.25. The fraction of sp³-hybridized carbons (Fsp3) is 0.360. The van der Waals surface area contributed by atoms with Crippen molar-refractivity contribution in [1.29, 1.82) is 0 Å². The summed E-state index contributed by atoms with van der Waals surface area (Å²) in [4.78, 5) is 11.1. The lowest BCUT2D eigenvalue weighted by Gasteiger charge is -2.43. The molecule has 0 amide bonds. The summed E-state index contributed by atoms with van der Waals surface area (Å²) in [5.41, 5.74) is 6.67. The topological polar surface area (TPSA) is 38.2 Å². The van der Waals surface area contributed by atoms with Crippen molar-refractivity contribution in [3.8, 4) is 5.75 Å². The average Bonchev–Trinajstić information content (AvgIpc) is 3.10. The van der Waals surface area contributed by atoms with Gasteiger partial charge in [-0.2, -0.15) is 0 Å². The van der Waals surface area contributed by atoms with Crippen molar-refractivity contribution in [3.05, 3.63) is 88.5 Å². The molecular weight excluding hydrogens is 358 g/mol. The Kier molecular flexibility index (Phi) is 4.59. The van der Waals surface area contributed by atoms with Gasteiger partial charge in [0.15, 0.2) is 0 Å². The van der Waals surface area contributed by atoms with Crippen LogP contribution in [-0.2, 0) is 18.5 Å². The highest BCUT2D eigenvalue weighted by Crippen LogP contribution is 2.49. The summed E-state index contributed by atoms with van der Waals surface area (Å²) in [6.45, 7) is 6.33. The number of fused-ring (bicyclic) bond motifs is 1. The molecule has 148 valence electrons. The van der Waals surface area contributed by atoms with Crippen LogP contribution < -0.4 is 4.74 Å². The molecule has 0 N–H and O–H groups in total. The van der Waals surface area contributed by atoms with Gasteiger partial charge in [0.25, 0.3) is 0 Å². The molecule has 1 aromatic heterocycles. The maximum atomic E-state index is 6.07. The Morgan fingerprint density at radius 2 is 1.62 bits per heavy atom. The number of hydrogen-bond donors (Lipinski definition) is 0. The van der Waals surface area contributed by atoms with Crippen LogP contribution in [-0.4, -0.2) is 21.6 Å². The maximum absolute atomic E-state index is 6.07. The highest BCUT2D eigenvalue weighted by atomic mass is 16.5. The number of ether oxygens (including phenoxy) is 1. The first-order valence-electron chi connectivity index (χ1n) is 10.5. The predicted octanol–water partition coefficient (Wildman–Crippen LogP) is 4.92. The smallest absolute Gasteiger partial charge is 0.142 e. The number of benzene rings is 2. The van der Waals surface area contributed by atoms with Crippen LogP contribution in [0.1, 0.15) is 53.0 Å². The zero-order chi connectivity index (χ0) is 19.8. The van der Waals surface area contributed by atoms with Crippen molar-refractivity contribution in [3.63, 3.8) is 0 Å². The molecule has 0 saturated heterocycles. The quantitative estimate of drug-likeness (QED) is 0.625.